The molecule has 1 aromatic carbocycles. The molecule has 0 aliphatic carbocycles. The molecular weight excluding hydrogens is 378 g/mol. The second-order valence-electron chi connectivity index (χ2n) is 8.77. The molecule has 2 amide bonds. The number of hydrogen-bond acceptors (Lipinski definition) is 4. The first-order valence-corrected chi connectivity index (χ1v) is 10.2. The van der Waals surface area contributed by atoms with Gasteiger partial charge in [0, 0.05) is 11.9 Å². The van der Waals surface area contributed by atoms with E-state index in [0.29, 0.717) is 22.6 Å². The van der Waals surface area contributed by atoms with Crippen molar-refractivity contribution in [1.29, 1.82) is 0 Å². The molecule has 30 heavy (non-hydrogen) atoms. The molecule has 6 heteroatoms. The van der Waals surface area contributed by atoms with Gasteiger partial charge in [0.15, 0.2) is 0 Å². The van der Waals surface area contributed by atoms with Crippen LogP contribution >= 0.6 is 0 Å². The molecule has 0 aliphatic rings. The third-order valence-corrected chi connectivity index (χ3v) is 3.97. The Hall–Kier alpha value is -2.89. The number of hydrogen-bond donors (Lipinski definition) is 2. The minimum atomic E-state index is -0.613. The number of pyridine rings is 1. The molecule has 0 aliphatic heterocycles. The number of anilines is 2. The summed E-state index contributed by atoms with van der Waals surface area (Å²) in [7, 11) is 0. The van der Waals surface area contributed by atoms with Crippen molar-refractivity contribution < 1.29 is 14.3 Å². The minimum Gasteiger partial charge on any atom is -0.444 e. The fraction of sp³-hybridized carbons (Fsp3) is 0.458. The number of carbonyl (C=O) groups is 2. The lowest BCUT2D eigenvalue weighted by Crippen LogP contribution is -2.27. The molecule has 6 nitrogen and oxygen atoms in total. The summed E-state index contributed by atoms with van der Waals surface area (Å²) in [4.78, 5) is 28.9. The van der Waals surface area contributed by atoms with E-state index in [1.807, 2.05) is 38.1 Å². The van der Waals surface area contributed by atoms with Crippen molar-refractivity contribution in [3.8, 4) is 0 Å². The number of aromatic nitrogens is 1. The summed E-state index contributed by atoms with van der Waals surface area (Å²) in [5, 5.41) is 5.54. The van der Waals surface area contributed by atoms with E-state index in [1.165, 1.54) is 6.20 Å². The Morgan fingerprint density at radius 1 is 0.967 bits per heavy atom. The van der Waals surface area contributed by atoms with E-state index in [1.54, 1.807) is 33.8 Å². The number of ether oxygens (including phenoxy) is 1. The normalized spacial score (nSPS) is 11.1. The fourth-order valence-electron chi connectivity index (χ4n) is 2.46. The van der Waals surface area contributed by atoms with Gasteiger partial charge in [-0.1, -0.05) is 46.8 Å². The van der Waals surface area contributed by atoms with Crippen LogP contribution in [-0.2, 0) is 10.2 Å². The largest absolute Gasteiger partial charge is 0.444 e. The Labute approximate surface area is 180 Å². The molecule has 0 spiro atoms. The molecule has 0 bridgehead atoms. The molecule has 0 saturated carbocycles. The molecule has 164 valence electrons. The average molecular weight is 414 g/mol. The molecule has 2 rings (SSSR count). The van der Waals surface area contributed by atoms with Gasteiger partial charge in [0.25, 0.3) is 5.91 Å². The summed E-state index contributed by atoms with van der Waals surface area (Å²) in [5.41, 5.74) is 2.58. The molecule has 0 radical (unpaired) electrons. The van der Waals surface area contributed by atoms with E-state index < -0.39 is 11.7 Å². The molecule has 1 heterocycles. The van der Waals surface area contributed by atoms with Crippen LogP contribution in [0, 0.1) is 6.92 Å². The number of aryl methyl sites for hydroxylation is 1. The third-order valence-electron chi connectivity index (χ3n) is 3.97. The van der Waals surface area contributed by atoms with Crippen LogP contribution < -0.4 is 10.6 Å². The predicted octanol–water partition coefficient (Wildman–Crippen LogP) is 6.31. The maximum atomic E-state index is 12.7. The highest BCUT2D eigenvalue weighted by molar-refractivity contribution is 6.05. The van der Waals surface area contributed by atoms with Crippen LogP contribution in [0.3, 0.4) is 0 Å². The number of benzene rings is 1. The summed E-state index contributed by atoms with van der Waals surface area (Å²) in [6.07, 6.45) is 0.895. The summed E-state index contributed by atoms with van der Waals surface area (Å²) in [6, 6.07) is 9.34. The monoisotopic (exact) mass is 413 g/mol. The smallest absolute Gasteiger partial charge is 0.412 e. The third kappa shape index (κ3) is 7.85. The van der Waals surface area contributed by atoms with Crippen LogP contribution in [0.15, 0.2) is 36.5 Å². The van der Waals surface area contributed by atoms with Crippen molar-refractivity contribution in [3.63, 3.8) is 0 Å². The Bertz CT molecular complexity index is 878. The average Bonchev–Trinajstić information content (AvgIpc) is 2.63. The number of rotatable bonds is 3. The van der Waals surface area contributed by atoms with Crippen LogP contribution in [0.25, 0.3) is 0 Å². The number of nitrogens with zero attached hydrogens (tertiary/aromatic N) is 1. The Kier molecular flexibility index (Phi) is 8.58. The quantitative estimate of drug-likeness (QED) is 0.617. The first kappa shape index (κ1) is 25.1. The first-order valence-electron chi connectivity index (χ1n) is 10.2. The van der Waals surface area contributed by atoms with Gasteiger partial charge >= 0.3 is 6.09 Å². The standard InChI is InChI=1S/C22H29N3O3.C2H6/c1-14-18(25-20(27)28-22(5,6)7)11-15(13-23-14)19(26)24-17-10-8-9-16(12-17)21(2,3)4;1-2/h8-13H,1-7H3,(H,24,26)(H,25,27);1-2H3. The number of nitrogens with one attached hydrogen (secondary N) is 2. The van der Waals surface area contributed by atoms with E-state index in [9.17, 15) is 9.59 Å². The zero-order valence-electron chi connectivity index (χ0n) is 19.6. The van der Waals surface area contributed by atoms with Crippen LogP contribution in [-0.4, -0.2) is 22.6 Å². The van der Waals surface area contributed by atoms with Crippen molar-refractivity contribution in [3.05, 3.63) is 53.3 Å². The van der Waals surface area contributed by atoms with Gasteiger partial charge in [-0.2, -0.15) is 0 Å². The van der Waals surface area contributed by atoms with Crippen molar-refractivity contribution in [2.75, 3.05) is 10.6 Å². The van der Waals surface area contributed by atoms with Crippen molar-refractivity contribution >= 4 is 23.4 Å². The van der Waals surface area contributed by atoms with Gasteiger partial charge in [-0.3, -0.25) is 15.1 Å². The number of carbonyl (C=O) groups excluding carboxylic acids is 2. The van der Waals surface area contributed by atoms with E-state index in [4.69, 9.17) is 4.74 Å². The van der Waals surface area contributed by atoms with Gasteiger partial charge in [0.05, 0.1) is 16.9 Å². The van der Waals surface area contributed by atoms with Crippen LogP contribution in [0.5, 0.6) is 0 Å². The second kappa shape index (κ2) is 10.2. The highest BCUT2D eigenvalue weighted by Crippen LogP contribution is 2.25. The minimum absolute atomic E-state index is 0.0172. The van der Waals surface area contributed by atoms with Crippen LogP contribution in [0.4, 0.5) is 16.2 Å². The van der Waals surface area contributed by atoms with Crippen molar-refractivity contribution in [2.45, 2.75) is 73.3 Å². The summed E-state index contributed by atoms with van der Waals surface area (Å²) < 4.78 is 5.26. The molecule has 2 N–H and O–H groups in total. The van der Waals surface area contributed by atoms with Gasteiger partial charge in [-0.15, -0.1) is 0 Å². The molecular formula is C24H35N3O3. The van der Waals surface area contributed by atoms with Gasteiger partial charge in [0.1, 0.15) is 5.60 Å². The fourth-order valence-corrected chi connectivity index (χ4v) is 2.46. The number of amides is 2. The Morgan fingerprint density at radius 3 is 2.17 bits per heavy atom. The molecule has 0 saturated heterocycles. The van der Waals surface area contributed by atoms with E-state index in [-0.39, 0.29) is 11.3 Å². The summed E-state index contributed by atoms with van der Waals surface area (Å²) in [5.74, 6) is -0.300. The van der Waals surface area contributed by atoms with E-state index in [0.717, 1.165) is 5.56 Å². The lowest BCUT2D eigenvalue weighted by Gasteiger charge is -2.20. The van der Waals surface area contributed by atoms with Gasteiger partial charge in [-0.25, -0.2) is 4.79 Å². The van der Waals surface area contributed by atoms with Gasteiger partial charge in [0.2, 0.25) is 0 Å². The van der Waals surface area contributed by atoms with Crippen LogP contribution in [0.1, 0.15) is 77.0 Å². The van der Waals surface area contributed by atoms with Crippen LogP contribution in [0.2, 0.25) is 0 Å². The highest BCUT2D eigenvalue weighted by Gasteiger charge is 2.18. The maximum Gasteiger partial charge on any atom is 0.412 e. The SMILES string of the molecule is CC.Cc1ncc(C(=O)Nc2cccc(C(C)(C)C)c2)cc1NC(=O)OC(C)(C)C. The lowest BCUT2D eigenvalue weighted by molar-refractivity contribution is 0.0635. The molecule has 1 aromatic heterocycles. The van der Waals surface area contributed by atoms with Gasteiger partial charge < -0.3 is 10.1 Å². The maximum absolute atomic E-state index is 12.7. The zero-order valence-corrected chi connectivity index (χ0v) is 19.6. The summed E-state index contributed by atoms with van der Waals surface area (Å²) in [6.45, 7) is 17.5. The molecule has 0 atom stereocenters. The first-order chi connectivity index (χ1) is 13.8. The Morgan fingerprint density at radius 2 is 1.60 bits per heavy atom. The van der Waals surface area contributed by atoms with Crippen molar-refractivity contribution in [1.82, 2.24) is 4.98 Å². The zero-order chi connectivity index (χ0) is 23.1. The molecule has 2 aromatic rings. The predicted molar refractivity (Wildman–Crippen MR) is 123 cm³/mol. The highest BCUT2D eigenvalue weighted by atomic mass is 16.6. The lowest BCUT2D eigenvalue weighted by atomic mass is 9.87. The summed E-state index contributed by atoms with van der Waals surface area (Å²) >= 11 is 0. The van der Waals surface area contributed by atoms with E-state index >= 15 is 0 Å². The Balaban J connectivity index is 0.00000218. The molecule has 0 fully saturated rings. The van der Waals surface area contributed by atoms with Gasteiger partial charge in [-0.05, 0) is 56.9 Å². The molecule has 0 unspecified atom stereocenters. The second-order valence-corrected chi connectivity index (χ2v) is 8.77. The van der Waals surface area contributed by atoms with E-state index in [2.05, 4.69) is 36.4 Å². The topological polar surface area (TPSA) is 80.3 Å². The van der Waals surface area contributed by atoms with Crippen molar-refractivity contribution in [2.24, 2.45) is 0 Å².